The van der Waals surface area contributed by atoms with Crippen molar-refractivity contribution in [1.82, 2.24) is 9.97 Å². The highest BCUT2D eigenvalue weighted by atomic mass is 79.9. The molecule has 0 spiro atoms. The van der Waals surface area contributed by atoms with Gasteiger partial charge in [0.15, 0.2) is 0 Å². The molecule has 0 aliphatic carbocycles. The molecule has 25 heavy (non-hydrogen) atoms. The van der Waals surface area contributed by atoms with E-state index in [9.17, 15) is 4.79 Å². The number of hydrogen-bond acceptors (Lipinski definition) is 4. The standard InChI is InChI=1S/C19H15BrN4O/c20-14-5-7-15(8-6-14)23-18-12-21-16(11-22-18)19(25)24-10-9-13-3-1-2-4-17(13)24/h1-8,11-12H,9-10H2,(H,22,23). The molecule has 3 aromatic rings. The third kappa shape index (κ3) is 3.25. The number of para-hydroxylation sites is 1. The normalized spacial score (nSPS) is 12.8. The summed E-state index contributed by atoms with van der Waals surface area (Å²) < 4.78 is 1.01. The number of carbonyl (C=O) groups is 1. The molecule has 1 aromatic heterocycles. The van der Waals surface area contributed by atoms with Crippen LogP contribution >= 0.6 is 15.9 Å². The van der Waals surface area contributed by atoms with Crippen molar-refractivity contribution in [3.63, 3.8) is 0 Å². The van der Waals surface area contributed by atoms with Gasteiger partial charge >= 0.3 is 0 Å². The van der Waals surface area contributed by atoms with Crippen LogP contribution in [0.25, 0.3) is 0 Å². The largest absolute Gasteiger partial charge is 0.339 e. The van der Waals surface area contributed by atoms with Crippen LogP contribution in [0, 0.1) is 0 Å². The molecule has 0 saturated carbocycles. The predicted molar refractivity (Wildman–Crippen MR) is 101 cm³/mol. The minimum absolute atomic E-state index is 0.118. The van der Waals surface area contributed by atoms with Crippen molar-refractivity contribution in [2.75, 3.05) is 16.8 Å². The molecule has 1 amide bonds. The van der Waals surface area contributed by atoms with Gasteiger partial charge in [-0.2, -0.15) is 0 Å². The Morgan fingerprint density at radius 3 is 2.60 bits per heavy atom. The minimum atomic E-state index is -0.118. The predicted octanol–water partition coefficient (Wildman–Crippen LogP) is 4.19. The molecule has 5 nitrogen and oxygen atoms in total. The van der Waals surface area contributed by atoms with E-state index in [0.29, 0.717) is 18.1 Å². The number of aromatic nitrogens is 2. The maximum atomic E-state index is 12.7. The van der Waals surface area contributed by atoms with E-state index in [1.807, 2.05) is 42.5 Å². The molecule has 4 rings (SSSR count). The SMILES string of the molecule is O=C(c1cnc(Nc2ccc(Br)cc2)cn1)N1CCc2ccccc21. The van der Waals surface area contributed by atoms with Gasteiger partial charge in [0.05, 0.1) is 12.4 Å². The Morgan fingerprint density at radius 2 is 1.84 bits per heavy atom. The van der Waals surface area contributed by atoms with E-state index in [1.165, 1.54) is 11.8 Å². The lowest BCUT2D eigenvalue weighted by molar-refractivity contribution is 0.0984. The van der Waals surface area contributed by atoms with E-state index in [0.717, 1.165) is 22.3 Å². The third-order valence-corrected chi connectivity index (χ3v) is 4.65. The van der Waals surface area contributed by atoms with E-state index >= 15 is 0 Å². The van der Waals surface area contributed by atoms with Crippen molar-refractivity contribution in [2.45, 2.75) is 6.42 Å². The number of benzene rings is 2. The number of rotatable bonds is 3. The second-order valence-corrected chi connectivity index (χ2v) is 6.67. The first-order chi connectivity index (χ1) is 12.2. The van der Waals surface area contributed by atoms with Crippen molar-refractivity contribution in [3.05, 3.63) is 76.7 Å². The smallest absolute Gasteiger partial charge is 0.278 e. The van der Waals surface area contributed by atoms with Crippen LogP contribution in [0.1, 0.15) is 16.1 Å². The molecule has 1 N–H and O–H groups in total. The zero-order valence-corrected chi connectivity index (χ0v) is 14.9. The van der Waals surface area contributed by atoms with Crippen LogP contribution in [0.3, 0.4) is 0 Å². The summed E-state index contributed by atoms with van der Waals surface area (Å²) in [4.78, 5) is 23.1. The summed E-state index contributed by atoms with van der Waals surface area (Å²) in [6.07, 6.45) is 3.97. The van der Waals surface area contributed by atoms with Crippen LogP contribution in [0.5, 0.6) is 0 Å². The van der Waals surface area contributed by atoms with Crippen LogP contribution < -0.4 is 10.2 Å². The number of halogens is 1. The van der Waals surface area contributed by atoms with Gasteiger partial charge in [0.25, 0.3) is 5.91 Å². The number of hydrogen-bond donors (Lipinski definition) is 1. The van der Waals surface area contributed by atoms with Crippen molar-refractivity contribution in [2.24, 2.45) is 0 Å². The average Bonchev–Trinajstić information content (AvgIpc) is 3.08. The molecular formula is C19H15BrN4O. The summed E-state index contributed by atoms with van der Waals surface area (Å²) in [6.45, 7) is 0.679. The van der Waals surface area contributed by atoms with Gasteiger partial charge in [0.2, 0.25) is 0 Å². The second-order valence-electron chi connectivity index (χ2n) is 5.75. The van der Waals surface area contributed by atoms with Gasteiger partial charge in [-0.1, -0.05) is 34.1 Å². The van der Waals surface area contributed by atoms with Gasteiger partial charge in [-0.3, -0.25) is 4.79 Å². The third-order valence-electron chi connectivity index (χ3n) is 4.12. The van der Waals surface area contributed by atoms with E-state index in [4.69, 9.17) is 0 Å². The lowest BCUT2D eigenvalue weighted by Crippen LogP contribution is -2.29. The van der Waals surface area contributed by atoms with Crippen molar-refractivity contribution in [3.8, 4) is 0 Å². The fourth-order valence-electron chi connectivity index (χ4n) is 2.87. The first-order valence-corrected chi connectivity index (χ1v) is 8.74. The number of carbonyl (C=O) groups excluding carboxylic acids is 1. The molecular weight excluding hydrogens is 380 g/mol. The summed E-state index contributed by atoms with van der Waals surface area (Å²) in [5.74, 6) is 0.480. The average molecular weight is 395 g/mol. The van der Waals surface area contributed by atoms with E-state index in [2.05, 4.69) is 37.3 Å². The highest BCUT2D eigenvalue weighted by molar-refractivity contribution is 9.10. The minimum Gasteiger partial charge on any atom is -0.339 e. The summed E-state index contributed by atoms with van der Waals surface area (Å²) in [7, 11) is 0. The highest BCUT2D eigenvalue weighted by Gasteiger charge is 2.26. The van der Waals surface area contributed by atoms with Gasteiger partial charge in [0.1, 0.15) is 11.5 Å². The van der Waals surface area contributed by atoms with Crippen LogP contribution in [-0.2, 0) is 6.42 Å². The Morgan fingerprint density at radius 1 is 1.04 bits per heavy atom. The zero-order valence-electron chi connectivity index (χ0n) is 13.3. The number of nitrogens with one attached hydrogen (secondary N) is 1. The van der Waals surface area contributed by atoms with Gasteiger partial charge < -0.3 is 10.2 Å². The Hall–Kier alpha value is -2.73. The van der Waals surface area contributed by atoms with Crippen LogP contribution in [0.2, 0.25) is 0 Å². The first kappa shape index (κ1) is 15.8. The van der Waals surface area contributed by atoms with Crippen LogP contribution in [0.4, 0.5) is 17.2 Å². The maximum absolute atomic E-state index is 12.7. The molecule has 0 fully saturated rings. The zero-order chi connectivity index (χ0) is 17.2. The Balaban J connectivity index is 1.50. The molecule has 0 atom stereocenters. The van der Waals surface area contributed by atoms with Gasteiger partial charge in [-0.15, -0.1) is 0 Å². The van der Waals surface area contributed by atoms with Gasteiger partial charge in [0, 0.05) is 22.4 Å². The Bertz CT molecular complexity index is 909. The molecule has 0 radical (unpaired) electrons. The quantitative estimate of drug-likeness (QED) is 0.723. The fraction of sp³-hybridized carbons (Fsp3) is 0.105. The lowest BCUT2D eigenvalue weighted by Gasteiger charge is -2.16. The van der Waals surface area contributed by atoms with Gasteiger partial charge in [-0.25, -0.2) is 9.97 Å². The fourth-order valence-corrected chi connectivity index (χ4v) is 3.14. The molecule has 1 aliphatic rings. The van der Waals surface area contributed by atoms with Crippen molar-refractivity contribution >= 4 is 39.0 Å². The van der Waals surface area contributed by atoms with Gasteiger partial charge in [-0.05, 0) is 42.3 Å². The molecule has 0 unspecified atom stereocenters. The molecule has 124 valence electrons. The lowest BCUT2D eigenvalue weighted by atomic mass is 10.2. The number of nitrogens with zero attached hydrogens (tertiary/aromatic N) is 3. The molecule has 2 aromatic carbocycles. The maximum Gasteiger partial charge on any atom is 0.278 e. The molecule has 6 heteroatoms. The summed E-state index contributed by atoms with van der Waals surface area (Å²) >= 11 is 3.40. The van der Waals surface area contributed by atoms with E-state index in [-0.39, 0.29) is 5.91 Å². The summed E-state index contributed by atoms with van der Waals surface area (Å²) in [5, 5.41) is 3.16. The molecule has 1 aliphatic heterocycles. The summed E-state index contributed by atoms with van der Waals surface area (Å²) in [5.41, 5.74) is 3.41. The highest BCUT2D eigenvalue weighted by Crippen LogP contribution is 2.28. The summed E-state index contributed by atoms with van der Waals surface area (Å²) in [6, 6.07) is 15.7. The monoisotopic (exact) mass is 394 g/mol. The van der Waals surface area contributed by atoms with Crippen LogP contribution in [0.15, 0.2) is 65.4 Å². The first-order valence-electron chi connectivity index (χ1n) is 7.95. The van der Waals surface area contributed by atoms with Crippen molar-refractivity contribution < 1.29 is 4.79 Å². The topological polar surface area (TPSA) is 58.1 Å². The second kappa shape index (κ2) is 6.64. The van der Waals surface area contributed by atoms with E-state index < -0.39 is 0 Å². The molecule has 2 heterocycles. The molecule has 0 saturated heterocycles. The van der Waals surface area contributed by atoms with Crippen LogP contribution in [-0.4, -0.2) is 22.4 Å². The Kier molecular flexibility index (Phi) is 4.19. The molecule has 0 bridgehead atoms. The number of amides is 1. The Labute approximate surface area is 153 Å². The number of anilines is 3. The number of fused-ring (bicyclic) bond motifs is 1. The van der Waals surface area contributed by atoms with Crippen molar-refractivity contribution in [1.29, 1.82) is 0 Å². The van der Waals surface area contributed by atoms with E-state index in [1.54, 1.807) is 11.1 Å².